The standard InChI is InChI=1S/C17H20BrNO/c1-13-7-8-14(9-17(13)18)10-19-11-15-5-3-4-6-16(15)12-20-2/h3-9,19H,10-12H2,1-2H3. The molecule has 2 aromatic rings. The molecular weight excluding hydrogens is 314 g/mol. The van der Waals surface area contributed by atoms with E-state index in [-0.39, 0.29) is 0 Å². The molecule has 2 rings (SSSR count). The van der Waals surface area contributed by atoms with Gasteiger partial charge in [0.1, 0.15) is 0 Å². The summed E-state index contributed by atoms with van der Waals surface area (Å²) in [4.78, 5) is 0. The number of aryl methyl sites for hydroxylation is 1. The summed E-state index contributed by atoms with van der Waals surface area (Å²) in [6, 6.07) is 14.8. The fourth-order valence-corrected chi connectivity index (χ4v) is 2.54. The highest BCUT2D eigenvalue weighted by molar-refractivity contribution is 9.10. The van der Waals surface area contributed by atoms with Crippen molar-refractivity contribution in [3.63, 3.8) is 0 Å². The Morgan fingerprint density at radius 2 is 1.80 bits per heavy atom. The van der Waals surface area contributed by atoms with Crippen LogP contribution >= 0.6 is 15.9 Å². The molecular formula is C17H20BrNO. The molecule has 0 saturated carbocycles. The molecule has 0 aliphatic rings. The van der Waals surface area contributed by atoms with Crippen LogP contribution in [0.4, 0.5) is 0 Å². The molecule has 0 fully saturated rings. The highest BCUT2D eigenvalue weighted by atomic mass is 79.9. The zero-order valence-corrected chi connectivity index (χ0v) is 13.5. The van der Waals surface area contributed by atoms with Crippen molar-refractivity contribution in [2.75, 3.05) is 7.11 Å². The number of halogens is 1. The Morgan fingerprint density at radius 1 is 1.05 bits per heavy atom. The zero-order valence-electron chi connectivity index (χ0n) is 11.9. The zero-order chi connectivity index (χ0) is 14.4. The lowest BCUT2D eigenvalue weighted by molar-refractivity contribution is 0.184. The second kappa shape index (κ2) is 7.58. The average Bonchev–Trinajstić information content (AvgIpc) is 2.45. The summed E-state index contributed by atoms with van der Waals surface area (Å²) in [5, 5.41) is 3.49. The van der Waals surface area contributed by atoms with E-state index < -0.39 is 0 Å². The molecule has 20 heavy (non-hydrogen) atoms. The monoisotopic (exact) mass is 333 g/mol. The number of rotatable bonds is 6. The first-order valence-corrected chi connectivity index (χ1v) is 7.51. The number of nitrogens with one attached hydrogen (secondary N) is 1. The predicted octanol–water partition coefficient (Wildman–Crippen LogP) is 4.19. The number of ether oxygens (including phenoxy) is 1. The maximum Gasteiger partial charge on any atom is 0.0716 e. The van der Waals surface area contributed by atoms with Gasteiger partial charge in [-0.2, -0.15) is 0 Å². The largest absolute Gasteiger partial charge is 0.380 e. The summed E-state index contributed by atoms with van der Waals surface area (Å²) >= 11 is 3.57. The summed E-state index contributed by atoms with van der Waals surface area (Å²) in [6.07, 6.45) is 0. The molecule has 0 bridgehead atoms. The van der Waals surface area contributed by atoms with Gasteiger partial charge in [-0.05, 0) is 35.2 Å². The van der Waals surface area contributed by atoms with E-state index in [1.807, 2.05) is 0 Å². The van der Waals surface area contributed by atoms with Gasteiger partial charge < -0.3 is 10.1 Å². The van der Waals surface area contributed by atoms with Crippen molar-refractivity contribution in [3.05, 3.63) is 69.2 Å². The van der Waals surface area contributed by atoms with Crippen molar-refractivity contribution < 1.29 is 4.74 Å². The number of hydrogen-bond acceptors (Lipinski definition) is 2. The van der Waals surface area contributed by atoms with E-state index in [0.29, 0.717) is 6.61 Å². The molecule has 0 aliphatic carbocycles. The Bertz CT molecular complexity index is 569. The van der Waals surface area contributed by atoms with Crippen molar-refractivity contribution in [3.8, 4) is 0 Å². The first-order valence-electron chi connectivity index (χ1n) is 6.72. The van der Waals surface area contributed by atoms with Crippen LogP contribution in [0.1, 0.15) is 22.3 Å². The predicted molar refractivity (Wildman–Crippen MR) is 86.6 cm³/mol. The molecule has 0 aliphatic heterocycles. The summed E-state index contributed by atoms with van der Waals surface area (Å²) in [5.41, 5.74) is 5.08. The van der Waals surface area contributed by atoms with Crippen LogP contribution in [-0.4, -0.2) is 7.11 Å². The minimum Gasteiger partial charge on any atom is -0.380 e. The molecule has 3 heteroatoms. The second-order valence-corrected chi connectivity index (χ2v) is 5.74. The molecule has 2 aromatic carbocycles. The van der Waals surface area contributed by atoms with E-state index in [2.05, 4.69) is 70.6 Å². The Balaban J connectivity index is 1.94. The van der Waals surface area contributed by atoms with Gasteiger partial charge in [-0.1, -0.05) is 52.3 Å². The van der Waals surface area contributed by atoms with Crippen LogP contribution in [0.25, 0.3) is 0 Å². The Kier molecular flexibility index (Phi) is 5.77. The van der Waals surface area contributed by atoms with Crippen LogP contribution < -0.4 is 5.32 Å². The summed E-state index contributed by atoms with van der Waals surface area (Å²) in [7, 11) is 1.73. The maximum atomic E-state index is 5.23. The summed E-state index contributed by atoms with van der Waals surface area (Å²) in [5.74, 6) is 0. The molecule has 0 atom stereocenters. The molecule has 0 amide bonds. The van der Waals surface area contributed by atoms with Crippen molar-refractivity contribution in [1.82, 2.24) is 5.32 Å². The SMILES string of the molecule is COCc1ccccc1CNCc1ccc(C)c(Br)c1. The molecule has 0 aromatic heterocycles. The Labute approximate surface area is 129 Å². The van der Waals surface area contributed by atoms with Gasteiger partial charge in [-0.3, -0.25) is 0 Å². The third kappa shape index (κ3) is 4.17. The quantitative estimate of drug-likeness (QED) is 0.855. The van der Waals surface area contributed by atoms with Crippen LogP contribution in [0.5, 0.6) is 0 Å². The fourth-order valence-electron chi connectivity index (χ4n) is 2.11. The molecule has 2 nitrogen and oxygen atoms in total. The van der Waals surface area contributed by atoms with E-state index in [1.54, 1.807) is 7.11 Å². The van der Waals surface area contributed by atoms with E-state index >= 15 is 0 Å². The van der Waals surface area contributed by atoms with Crippen LogP contribution in [0, 0.1) is 6.92 Å². The van der Waals surface area contributed by atoms with Gasteiger partial charge in [-0.25, -0.2) is 0 Å². The fraction of sp³-hybridized carbons (Fsp3) is 0.294. The molecule has 1 N–H and O–H groups in total. The van der Waals surface area contributed by atoms with Crippen molar-refractivity contribution in [2.24, 2.45) is 0 Å². The van der Waals surface area contributed by atoms with Gasteiger partial charge in [0.15, 0.2) is 0 Å². The van der Waals surface area contributed by atoms with E-state index in [4.69, 9.17) is 4.74 Å². The second-order valence-electron chi connectivity index (χ2n) is 4.89. The van der Waals surface area contributed by atoms with Crippen LogP contribution in [-0.2, 0) is 24.4 Å². The van der Waals surface area contributed by atoms with Crippen LogP contribution in [0.15, 0.2) is 46.9 Å². The summed E-state index contributed by atoms with van der Waals surface area (Å²) in [6.45, 7) is 4.47. The van der Waals surface area contributed by atoms with Crippen LogP contribution in [0.3, 0.4) is 0 Å². The van der Waals surface area contributed by atoms with Gasteiger partial charge in [0.2, 0.25) is 0 Å². The van der Waals surface area contributed by atoms with Crippen molar-refractivity contribution in [1.29, 1.82) is 0 Å². The molecule has 0 heterocycles. The highest BCUT2D eigenvalue weighted by Crippen LogP contribution is 2.17. The van der Waals surface area contributed by atoms with Crippen LogP contribution in [0.2, 0.25) is 0 Å². The van der Waals surface area contributed by atoms with Gasteiger partial charge in [0.25, 0.3) is 0 Å². The topological polar surface area (TPSA) is 21.3 Å². The van der Waals surface area contributed by atoms with Crippen molar-refractivity contribution >= 4 is 15.9 Å². The Morgan fingerprint density at radius 3 is 2.50 bits per heavy atom. The Hall–Kier alpha value is -1.16. The van der Waals surface area contributed by atoms with Gasteiger partial charge in [0, 0.05) is 24.7 Å². The van der Waals surface area contributed by atoms with Gasteiger partial charge >= 0.3 is 0 Å². The smallest absolute Gasteiger partial charge is 0.0716 e. The third-order valence-corrected chi connectivity index (χ3v) is 4.15. The van der Waals surface area contributed by atoms with Gasteiger partial charge in [-0.15, -0.1) is 0 Å². The minimum atomic E-state index is 0.661. The molecule has 0 unspecified atom stereocenters. The summed E-state index contributed by atoms with van der Waals surface area (Å²) < 4.78 is 6.39. The number of methoxy groups -OCH3 is 1. The van der Waals surface area contributed by atoms with E-state index in [1.165, 1.54) is 22.3 Å². The first kappa shape index (κ1) is 15.2. The molecule has 0 radical (unpaired) electrons. The first-order chi connectivity index (χ1) is 9.70. The third-order valence-electron chi connectivity index (χ3n) is 3.30. The van der Waals surface area contributed by atoms with E-state index in [0.717, 1.165) is 17.6 Å². The highest BCUT2D eigenvalue weighted by Gasteiger charge is 2.02. The lowest BCUT2D eigenvalue weighted by Gasteiger charge is -2.10. The lowest BCUT2D eigenvalue weighted by Crippen LogP contribution is -2.14. The molecule has 106 valence electrons. The number of benzene rings is 2. The lowest BCUT2D eigenvalue weighted by atomic mass is 10.1. The minimum absolute atomic E-state index is 0.661. The van der Waals surface area contributed by atoms with Gasteiger partial charge in [0.05, 0.1) is 6.61 Å². The average molecular weight is 334 g/mol. The molecule has 0 saturated heterocycles. The van der Waals surface area contributed by atoms with Crippen molar-refractivity contribution in [2.45, 2.75) is 26.6 Å². The maximum absolute atomic E-state index is 5.23. The normalized spacial score (nSPS) is 10.8. The van der Waals surface area contributed by atoms with E-state index in [9.17, 15) is 0 Å². The molecule has 0 spiro atoms. The number of hydrogen-bond donors (Lipinski definition) is 1.